The predicted octanol–water partition coefficient (Wildman–Crippen LogP) is 3.08. The Morgan fingerprint density at radius 3 is 2.93 bits per heavy atom. The number of aliphatic imine (C=N–C) groups is 1. The zero-order valence-electron chi connectivity index (χ0n) is 17.4. The number of methoxy groups -OCH3 is 1. The zero-order chi connectivity index (χ0) is 21.3. The fourth-order valence-electron chi connectivity index (χ4n) is 2.99. The molecule has 0 saturated carbocycles. The second-order valence-electron chi connectivity index (χ2n) is 6.73. The van der Waals surface area contributed by atoms with E-state index in [0.717, 1.165) is 23.6 Å². The monoisotopic (exact) mass is 414 g/mol. The molecule has 2 heterocycles. The third-order valence-corrected chi connectivity index (χ3v) is 4.66. The van der Waals surface area contributed by atoms with E-state index < -0.39 is 5.82 Å². The van der Waals surface area contributed by atoms with Crippen molar-refractivity contribution in [2.24, 2.45) is 4.99 Å². The van der Waals surface area contributed by atoms with E-state index in [1.165, 1.54) is 13.2 Å². The summed E-state index contributed by atoms with van der Waals surface area (Å²) in [6.07, 6.45) is 4.15. The van der Waals surface area contributed by atoms with Crippen LogP contribution >= 0.6 is 0 Å². The van der Waals surface area contributed by atoms with Crippen LogP contribution in [-0.2, 0) is 19.5 Å². The van der Waals surface area contributed by atoms with E-state index in [4.69, 9.17) is 9.15 Å². The van der Waals surface area contributed by atoms with Crippen molar-refractivity contribution in [1.29, 1.82) is 0 Å². The Hall–Kier alpha value is -3.36. The summed E-state index contributed by atoms with van der Waals surface area (Å²) in [5, 5.41) is 14.7. The molecule has 2 aromatic heterocycles. The highest BCUT2D eigenvalue weighted by Gasteiger charge is 2.12. The standard InChI is InChI=1S/C21H27FN6O2/c1-4-20-27-25-14-28(20)10-9-23-21(24-13-17-6-5-11-30-17)26-15(2)16-7-8-19(29-3)18(22)12-16/h5-8,11-12,14-15H,4,9-10,13H2,1-3H3,(H2,23,24,26). The van der Waals surface area contributed by atoms with E-state index in [1.54, 1.807) is 18.7 Å². The van der Waals surface area contributed by atoms with Crippen molar-refractivity contribution in [1.82, 2.24) is 25.4 Å². The number of rotatable bonds is 9. The Balaban J connectivity index is 1.67. The van der Waals surface area contributed by atoms with Crippen LogP contribution in [0.5, 0.6) is 5.75 Å². The summed E-state index contributed by atoms with van der Waals surface area (Å²) in [5.74, 6) is 2.11. The van der Waals surface area contributed by atoms with Gasteiger partial charge in [0.2, 0.25) is 0 Å². The van der Waals surface area contributed by atoms with Gasteiger partial charge in [-0.1, -0.05) is 13.0 Å². The maximum atomic E-state index is 14.1. The van der Waals surface area contributed by atoms with E-state index in [-0.39, 0.29) is 11.8 Å². The molecule has 0 spiro atoms. The fraction of sp³-hybridized carbons (Fsp3) is 0.381. The highest BCUT2D eigenvalue weighted by molar-refractivity contribution is 5.80. The lowest BCUT2D eigenvalue weighted by atomic mass is 10.1. The fourth-order valence-corrected chi connectivity index (χ4v) is 2.99. The summed E-state index contributed by atoms with van der Waals surface area (Å²) in [4.78, 5) is 4.59. The van der Waals surface area contributed by atoms with Crippen molar-refractivity contribution < 1.29 is 13.5 Å². The molecule has 0 aliphatic carbocycles. The third-order valence-electron chi connectivity index (χ3n) is 4.66. The number of nitrogens with one attached hydrogen (secondary N) is 2. The molecule has 0 amide bonds. The van der Waals surface area contributed by atoms with E-state index >= 15 is 0 Å². The minimum absolute atomic E-state index is 0.172. The van der Waals surface area contributed by atoms with Crippen molar-refractivity contribution in [2.45, 2.75) is 39.4 Å². The van der Waals surface area contributed by atoms with E-state index in [1.807, 2.05) is 36.6 Å². The number of furan rings is 1. The van der Waals surface area contributed by atoms with Gasteiger partial charge in [0.05, 0.1) is 19.4 Å². The number of nitrogens with zero attached hydrogens (tertiary/aromatic N) is 4. The second-order valence-corrected chi connectivity index (χ2v) is 6.73. The van der Waals surface area contributed by atoms with Gasteiger partial charge in [-0.3, -0.25) is 0 Å². The van der Waals surface area contributed by atoms with Crippen molar-refractivity contribution in [2.75, 3.05) is 13.7 Å². The summed E-state index contributed by atoms with van der Waals surface area (Å²) in [6, 6.07) is 8.43. The van der Waals surface area contributed by atoms with Crippen molar-refractivity contribution in [3.05, 3.63) is 65.9 Å². The molecule has 3 aromatic rings. The van der Waals surface area contributed by atoms with Crippen LogP contribution in [0, 0.1) is 5.82 Å². The molecular weight excluding hydrogens is 387 g/mol. The van der Waals surface area contributed by atoms with Gasteiger partial charge in [-0.05, 0) is 36.8 Å². The molecule has 1 aromatic carbocycles. The molecular formula is C21H27FN6O2. The highest BCUT2D eigenvalue weighted by atomic mass is 19.1. The molecule has 2 N–H and O–H groups in total. The first-order chi connectivity index (χ1) is 14.6. The molecule has 1 unspecified atom stereocenters. The first kappa shape index (κ1) is 21.4. The van der Waals surface area contributed by atoms with E-state index in [2.05, 4.69) is 25.8 Å². The lowest BCUT2D eigenvalue weighted by Gasteiger charge is -2.19. The molecule has 0 bridgehead atoms. The number of benzene rings is 1. The van der Waals surface area contributed by atoms with E-state index in [0.29, 0.717) is 25.6 Å². The van der Waals surface area contributed by atoms with Gasteiger partial charge in [-0.25, -0.2) is 9.38 Å². The third kappa shape index (κ3) is 5.59. The van der Waals surface area contributed by atoms with Gasteiger partial charge in [0.15, 0.2) is 17.5 Å². The number of aryl methyl sites for hydroxylation is 1. The number of halogens is 1. The van der Waals surface area contributed by atoms with Gasteiger partial charge in [0.1, 0.15) is 24.5 Å². The Labute approximate surface area is 175 Å². The summed E-state index contributed by atoms with van der Waals surface area (Å²) < 4.78 is 26.4. The lowest BCUT2D eigenvalue weighted by Crippen LogP contribution is -2.40. The molecule has 8 nitrogen and oxygen atoms in total. The Morgan fingerprint density at radius 1 is 1.37 bits per heavy atom. The van der Waals surface area contributed by atoms with Crippen LogP contribution in [0.25, 0.3) is 0 Å². The second kappa shape index (κ2) is 10.4. The molecule has 1 atom stereocenters. The molecule has 160 valence electrons. The van der Waals surface area contributed by atoms with Gasteiger partial charge in [0.25, 0.3) is 0 Å². The Morgan fingerprint density at radius 2 is 2.23 bits per heavy atom. The van der Waals surface area contributed by atoms with Crippen molar-refractivity contribution in [3.8, 4) is 5.75 Å². The predicted molar refractivity (Wildman–Crippen MR) is 112 cm³/mol. The number of ether oxygens (including phenoxy) is 1. The number of aromatic nitrogens is 3. The summed E-state index contributed by atoms with van der Waals surface area (Å²) in [7, 11) is 1.45. The van der Waals surface area contributed by atoms with Gasteiger partial charge in [-0.15, -0.1) is 10.2 Å². The first-order valence-electron chi connectivity index (χ1n) is 9.88. The van der Waals surface area contributed by atoms with Gasteiger partial charge < -0.3 is 24.4 Å². The largest absolute Gasteiger partial charge is 0.494 e. The van der Waals surface area contributed by atoms with Crippen LogP contribution in [0.2, 0.25) is 0 Å². The van der Waals surface area contributed by atoms with E-state index in [9.17, 15) is 4.39 Å². The molecule has 0 aliphatic rings. The van der Waals surface area contributed by atoms with Crippen LogP contribution in [-0.4, -0.2) is 34.4 Å². The van der Waals surface area contributed by atoms with Crippen LogP contribution < -0.4 is 15.4 Å². The minimum atomic E-state index is -0.398. The first-order valence-corrected chi connectivity index (χ1v) is 9.88. The minimum Gasteiger partial charge on any atom is -0.494 e. The Kier molecular flexibility index (Phi) is 7.42. The van der Waals surface area contributed by atoms with Crippen LogP contribution in [0.4, 0.5) is 4.39 Å². The smallest absolute Gasteiger partial charge is 0.192 e. The molecule has 0 saturated heterocycles. The Bertz CT molecular complexity index is 954. The van der Waals surface area contributed by atoms with Crippen LogP contribution in [0.15, 0.2) is 52.3 Å². The lowest BCUT2D eigenvalue weighted by molar-refractivity contribution is 0.386. The normalized spacial score (nSPS) is 12.6. The van der Waals surface area contributed by atoms with Crippen LogP contribution in [0.3, 0.4) is 0 Å². The molecule has 0 fully saturated rings. The average Bonchev–Trinajstić information content (AvgIpc) is 3.43. The SMILES string of the molecule is CCc1nncn1CCNC(=NCc1ccco1)NC(C)c1ccc(OC)c(F)c1. The maximum absolute atomic E-state index is 14.1. The topological polar surface area (TPSA) is 89.5 Å². The number of guanidine groups is 1. The quantitative estimate of drug-likeness (QED) is 0.413. The zero-order valence-corrected chi connectivity index (χ0v) is 17.4. The maximum Gasteiger partial charge on any atom is 0.192 e. The molecule has 0 aliphatic heterocycles. The molecule has 30 heavy (non-hydrogen) atoms. The summed E-state index contributed by atoms with van der Waals surface area (Å²) in [6.45, 7) is 5.70. The molecule has 9 heteroatoms. The highest BCUT2D eigenvalue weighted by Crippen LogP contribution is 2.21. The number of hydrogen-bond acceptors (Lipinski definition) is 5. The summed E-state index contributed by atoms with van der Waals surface area (Å²) >= 11 is 0. The van der Waals surface area contributed by atoms with Gasteiger partial charge >= 0.3 is 0 Å². The van der Waals surface area contributed by atoms with Gasteiger partial charge in [0, 0.05) is 19.5 Å². The van der Waals surface area contributed by atoms with Crippen LogP contribution in [0.1, 0.15) is 37.0 Å². The van der Waals surface area contributed by atoms with Crippen molar-refractivity contribution in [3.63, 3.8) is 0 Å². The van der Waals surface area contributed by atoms with Crippen molar-refractivity contribution >= 4 is 5.96 Å². The number of hydrogen-bond donors (Lipinski definition) is 2. The average molecular weight is 414 g/mol. The molecule has 3 rings (SSSR count). The summed E-state index contributed by atoms with van der Waals surface area (Å²) in [5.41, 5.74) is 0.785. The molecule has 0 radical (unpaired) electrons. The van der Waals surface area contributed by atoms with Gasteiger partial charge in [-0.2, -0.15) is 0 Å².